The Morgan fingerprint density at radius 2 is 1.75 bits per heavy atom. The predicted octanol–water partition coefficient (Wildman–Crippen LogP) is -0.971. The van der Waals surface area contributed by atoms with Gasteiger partial charge in [-0.05, 0) is 38.8 Å². The summed E-state index contributed by atoms with van der Waals surface area (Å²) in [7, 11) is 1.87. The Bertz CT molecular complexity index is 189. The van der Waals surface area contributed by atoms with E-state index < -0.39 is 0 Å². The average molecular weight is 250 g/mol. The molecule has 0 atom stereocenters. The SMILES string of the molecule is COC1(CN2CCCCC2)CC[N-]CC1.[K+]. The van der Waals surface area contributed by atoms with E-state index in [-0.39, 0.29) is 57.0 Å². The van der Waals surface area contributed by atoms with Crippen LogP contribution in [0.4, 0.5) is 0 Å². The minimum atomic E-state index is 0. The van der Waals surface area contributed by atoms with Crippen molar-refractivity contribution in [2.75, 3.05) is 39.8 Å². The van der Waals surface area contributed by atoms with Crippen molar-refractivity contribution in [1.29, 1.82) is 0 Å². The van der Waals surface area contributed by atoms with Gasteiger partial charge in [-0.3, -0.25) is 0 Å². The molecule has 2 aliphatic heterocycles. The number of likely N-dealkylation sites (tertiary alicyclic amines) is 1. The molecule has 0 aromatic rings. The monoisotopic (exact) mass is 250 g/mol. The molecule has 4 heteroatoms. The Balaban J connectivity index is 0.00000128. The van der Waals surface area contributed by atoms with Gasteiger partial charge in [0.25, 0.3) is 0 Å². The van der Waals surface area contributed by atoms with Gasteiger partial charge in [0.05, 0.1) is 5.60 Å². The number of piperidine rings is 2. The Morgan fingerprint density at radius 3 is 2.31 bits per heavy atom. The van der Waals surface area contributed by atoms with E-state index in [4.69, 9.17) is 4.74 Å². The summed E-state index contributed by atoms with van der Waals surface area (Å²) in [6.45, 7) is 5.63. The smallest absolute Gasteiger partial charge is 0.662 e. The number of nitrogens with zero attached hydrogens (tertiary/aromatic N) is 2. The molecule has 2 rings (SSSR count). The summed E-state index contributed by atoms with van der Waals surface area (Å²) < 4.78 is 5.78. The molecule has 0 aromatic heterocycles. The molecule has 0 aromatic carbocycles. The van der Waals surface area contributed by atoms with Gasteiger partial charge < -0.3 is 15.0 Å². The molecule has 0 N–H and O–H groups in total. The number of ether oxygens (including phenoxy) is 1. The molecule has 88 valence electrons. The first kappa shape index (κ1) is 15.6. The number of hydrogen-bond acceptors (Lipinski definition) is 2. The van der Waals surface area contributed by atoms with E-state index in [1.165, 1.54) is 32.4 Å². The van der Waals surface area contributed by atoms with Crippen LogP contribution in [0.3, 0.4) is 0 Å². The minimum absolute atomic E-state index is 0. The summed E-state index contributed by atoms with van der Waals surface area (Å²) >= 11 is 0. The van der Waals surface area contributed by atoms with E-state index in [0.717, 1.165) is 32.5 Å². The van der Waals surface area contributed by atoms with Gasteiger partial charge in [-0.15, -0.1) is 13.1 Å². The Hall–Kier alpha value is 1.52. The fraction of sp³-hybridized carbons (Fsp3) is 1.00. The van der Waals surface area contributed by atoms with Gasteiger partial charge in [0.2, 0.25) is 0 Å². The molecule has 2 aliphatic rings. The molecule has 0 bridgehead atoms. The maximum absolute atomic E-state index is 5.78. The molecule has 0 aliphatic carbocycles. The maximum atomic E-state index is 5.78. The molecular formula is C12H23KN2O. The van der Waals surface area contributed by atoms with Crippen LogP contribution in [0.25, 0.3) is 5.32 Å². The normalized spacial score (nSPS) is 26.1. The summed E-state index contributed by atoms with van der Waals surface area (Å²) in [5.74, 6) is 0. The van der Waals surface area contributed by atoms with Crippen molar-refractivity contribution in [1.82, 2.24) is 4.90 Å². The topological polar surface area (TPSA) is 26.6 Å². The van der Waals surface area contributed by atoms with Crippen molar-refractivity contribution in [2.45, 2.75) is 37.7 Å². The maximum Gasteiger partial charge on any atom is 1.00 e. The average Bonchev–Trinajstić information content (AvgIpc) is 2.32. The molecule has 2 saturated heterocycles. The molecule has 0 saturated carbocycles. The summed E-state index contributed by atoms with van der Waals surface area (Å²) in [5, 5.41) is 4.41. The van der Waals surface area contributed by atoms with Gasteiger partial charge in [-0.1, -0.05) is 6.42 Å². The van der Waals surface area contributed by atoms with Crippen molar-refractivity contribution in [3.05, 3.63) is 5.32 Å². The summed E-state index contributed by atoms with van der Waals surface area (Å²) in [6.07, 6.45) is 6.36. The molecule has 16 heavy (non-hydrogen) atoms. The van der Waals surface area contributed by atoms with Crippen LogP contribution in [-0.4, -0.2) is 50.3 Å². The second kappa shape index (κ2) is 7.84. The molecular weight excluding hydrogens is 227 g/mol. The number of methoxy groups -OCH3 is 1. The van der Waals surface area contributed by atoms with E-state index in [0.29, 0.717) is 0 Å². The van der Waals surface area contributed by atoms with E-state index in [9.17, 15) is 0 Å². The van der Waals surface area contributed by atoms with Gasteiger partial charge in [-0.2, -0.15) is 0 Å². The van der Waals surface area contributed by atoms with E-state index in [2.05, 4.69) is 10.2 Å². The third-order valence-corrected chi connectivity index (χ3v) is 3.84. The first-order valence-corrected chi connectivity index (χ1v) is 6.25. The summed E-state index contributed by atoms with van der Waals surface area (Å²) in [5.41, 5.74) is 0.110. The van der Waals surface area contributed by atoms with E-state index >= 15 is 0 Å². The van der Waals surface area contributed by atoms with Gasteiger partial charge >= 0.3 is 51.4 Å². The molecule has 0 spiro atoms. The molecule has 2 heterocycles. The van der Waals surface area contributed by atoms with Crippen LogP contribution in [0.1, 0.15) is 32.1 Å². The van der Waals surface area contributed by atoms with Gasteiger partial charge in [0.1, 0.15) is 0 Å². The van der Waals surface area contributed by atoms with Crippen LogP contribution in [0.5, 0.6) is 0 Å². The Kier molecular flexibility index (Phi) is 7.63. The van der Waals surface area contributed by atoms with Crippen molar-refractivity contribution < 1.29 is 56.1 Å². The fourth-order valence-corrected chi connectivity index (χ4v) is 2.75. The molecule has 0 unspecified atom stereocenters. The third-order valence-electron chi connectivity index (χ3n) is 3.84. The van der Waals surface area contributed by atoms with E-state index in [1.54, 1.807) is 0 Å². The molecule has 2 fully saturated rings. The fourth-order valence-electron chi connectivity index (χ4n) is 2.75. The molecule has 3 nitrogen and oxygen atoms in total. The van der Waals surface area contributed by atoms with Crippen LogP contribution in [0.2, 0.25) is 0 Å². The molecule has 0 amide bonds. The van der Waals surface area contributed by atoms with Crippen LogP contribution >= 0.6 is 0 Å². The second-order valence-electron chi connectivity index (χ2n) is 4.89. The van der Waals surface area contributed by atoms with Gasteiger partial charge in [-0.25, -0.2) is 0 Å². The quantitative estimate of drug-likeness (QED) is 0.603. The van der Waals surface area contributed by atoms with Crippen LogP contribution < -0.4 is 51.4 Å². The largest absolute Gasteiger partial charge is 1.00 e. The first-order chi connectivity index (χ1) is 7.35. The molecule has 0 radical (unpaired) electrons. The second-order valence-corrected chi connectivity index (χ2v) is 4.89. The van der Waals surface area contributed by atoms with Crippen molar-refractivity contribution in [3.63, 3.8) is 0 Å². The summed E-state index contributed by atoms with van der Waals surface area (Å²) in [4.78, 5) is 2.58. The standard InChI is InChI=1S/C12H23N2O.K/c1-15-12(5-7-13-8-6-12)11-14-9-3-2-4-10-14;/h2-11H2,1H3;/q-1;+1. The van der Waals surface area contributed by atoms with Crippen LogP contribution in [-0.2, 0) is 4.74 Å². The van der Waals surface area contributed by atoms with E-state index in [1.807, 2.05) is 7.11 Å². The Morgan fingerprint density at radius 1 is 1.12 bits per heavy atom. The van der Waals surface area contributed by atoms with Gasteiger partial charge in [0.15, 0.2) is 0 Å². The zero-order chi connectivity index (χ0) is 10.6. The van der Waals surface area contributed by atoms with Crippen molar-refractivity contribution in [2.24, 2.45) is 0 Å². The number of rotatable bonds is 3. The zero-order valence-corrected chi connectivity index (χ0v) is 14.0. The third kappa shape index (κ3) is 4.32. The predicted molar refractivity (Wildman–Crippen MR) is 62.4 cm³/mol. The van der Waals surface area contributed by atoms with Gasteiger partial charge in [0, 0.05) is 13.7 Å². The van der Waals surface area contributed by atoms with Crippen molar-refractivity contribution in [3.8, 4) is 0 Å². The first-order valence-electron chi connectivity index (χ1n) is 6.25. The number of hydrogen-bond donors (Lipinski definition) is 0. The summed E-state index contributed by atoms with van der Waals surface area (Å²) in [6, 6.07) is 0. The van der Waals surface area contributed by atoms with Crippen LogP contribution in [0, 0.1) is 0 Å². The zero-order valence-electron chi connectivity index (χ0n) is 10.9. The van der Waals surface area contributed by atoms with Crippen LogP contribution in [0.15, 0.2) is 0 Å². The Labute approximate surface area is 142 Å². The van der Waals surface area contributed by atoms with Crippen molar-refractivity contribution >= 4 is 0 Å². The minimum Gasteiger partial charge on any atom is -0.662 e.